The molecule has 0 heterocycles. The molecular formula is C61H76N3O2+. The van der Waals surface area contributed by atoms with E-state index < -0.39 is 5.41 Å². The minimum atomic E-state index is -0.619. The van der Waals surface area contributed by atoms with Gasteiger partial charge in [-0.1, -0.05) is 95.5 Å². The molecular weight excluding hydrogens is 807 g/mol. The number of hydrogen-bond acceptors (Lipinski definition) is 5. The van der Waals surface area contributed by atoms with Crippen molar-refractivity contribution in [3.05, 3.63) is 165 Å². The van der Waals surface area contributed by atoms with Crippen LogP contribution in [0.3, 0.4) is 0 Å². The van der Waals surface area contributed by atoms with Crippen LogP contribution in [0, 0.1) is 63.7 Å². The van der Waals surface area contributed by atoms with Crippen molar-refractivity contribution in [2.75, 3.05) is 29.2 Å². The van der Waals surface area contributed by atoms with E-state index in [0.29, 0.717) is 0 Å². The molecule has 0 bridgehead atoms. The molecule has 1 fully saturated rings. The first-order chi connectivity index (χ1) is 31.1. The van der Waals surface area contributed by atoms with Gasteiger partial charge >= 0.3 is 5.97 Å². The summed E-state index contributed by atoms with van der Waals surface area (Å²) in [5.74, 6) is 1.10. The van der Waals surface area contributed by atoms with Crippen molar-refractivity contribution < 1.29 is 9.53 Å². The Kier molecular flexibility index (Phi) is 13.8. The second-order valence-corrected chi connectivity index (χ2v) is 22.1. The van der Waals surface area contributed by atoms with Crippen LogP contribution in [0.5, 0.6) is 0 Å². The molecule has 1 N–H and O–H groups in total. The summed E-state index contributed by atoms with van der Waals surface area (Å²) in [6.45, 7) is 28.4. The molecule has 3 unspecified atom stereocenters. The molecule has 7 rings (SSSR count). The Labute approximate surface area is 398 Å². The summed E-state index contributed by atoms with van der Waals surface area (Å²) in [5.41, 5.74) is 16.1. The summed E-state index contributed by atoms with van der Waals surface area (Å²) in [4.78, 5) is 19.0. The number of carbonyl (C=O) groups is 1. The largest absolute Gasteiger partial charge is 0.460 e. The van der Waals surface area contributed by atoms with Gasteiger partial charge in [0.2, 0.25) is 0 Å². The van der Waals surface area contributed by atoms with Gasteiger partial charge in [0.25, 0.3) is 0 Å². The predicted octanol–water partition coefficient (Wildman–Crippen LogP) is 16.0. The van der Waals surface area contributed by atoms with Gasteiger partial charge in [-0.05, 0) is 180 Å². The maximum Gasteiger partial charge on any atom is 0.312 e. The van der Waals surface area contributed by atoms with E-state index in [1.165, 1.54) is 61.6 Å². The third-order valence-electron chi connectivity index (χ3n) is 14.5. The normalized spacial score (nSPS) is 16.4. The van der Waals surface area contributed by atoms with Crippen molar-refractivity contribution in [3.8, 4) is 0 Å². The summed E-state index contributed by atoms with van der Waals surface area (Å²) in [6, 6.07) is 40.6. The van der Waals surface area contributed by atoms with E-state index >= 15 is 0 Å². The van der Waals surface area contributed by atoms with Gasteiger partial charge in [-0.2, -0.15) is 0 Å². The summed E-state index contributed by atoms with van der Waals surface area (Å²) in [5, 5.41) is 6.29. The molecule has 3 atom stereocenters. The fraction of sp³-hybridized carbons (Fsp3) is 0.410. The molecule has 0 radical (unpaired) electrons. The third-order valence-corrected chi connectivity index (χ3v) is 14.5. The van der Waals surface area contributed by atoms with Crippen molar-refractivity contribution in [2.24, 2.45) is 16.2 Å². The van der Waals surface area contributed by atoms with Crippen LogP contribution in [-0.4, -0.2) is 32.2 Å². The summed E-state index contributed by atoms with van der Waals surface area (Å²) in [6.07, 6.45) is 4.51. The average molecular weight is 883 g/mol. The zero-order valence-corrected chi connectivity index (χ0v) is 42.8. The molecule has 1 aliphatic rings. The predicted molar refractivity (Wildman–Crippen MR) is 282 cm³/mol. The van der Waals surface area contributed by atoms with Crippen molar-refractivity contribution in [1.29, 1.82) is 0 Å². The maximum atomic E-state index is 14.3. The zero-order chi connectivity index (χ0) is 47.9. The number of hydrogen-bond donors (Lipinski definition) is 1. The first-order valence-electron chi connectivity index (χ1n) is 24.3. The molecule has 0 spiro atoms. The van der Waals surface area contributed by atoms with E-state index in [9.17, 15) is 4.79 Å². The highest BCUT2D eigenvalue weighted by Gasteiger charge is 2.49. The van der Waals surface area contributed by atoms with Crippen molar-refractivity contribution in [2.45, 2.75) is 134 Å². The molecule has 0 saturated heterocycles. The molecule has 346 valence electrons. The molecule has 5 heteroatoms. The Morgan fingerprint density at radius 3 is 1.53 bits per heavy atom. The smallest absolute Gasteiger partial charge is 0.312 e. The van der Waals surface area contributed by atoms with E-state index in [0.717, 1.165) is 65.7 Å². The van der Waals surface area contributed by atoms with Crippen LogP contribution >= 0.6 is 0 Å². The fourth-order valence-electron chi connectivity index (χ4n) is 11.1. The van der Waals surface area contributed by atoms with E-state index in [-0.39, 0.29) is 28.9 Å². The second kappa shape index (κ2) is 18.9. The van der Waals surface area contributed by atoms with Gasteiger partial charge in [0.15, 0.2) is 0 Å². The lowest BCUT2D eigenvalue weighted by Gasteiger charge is -2.45. The number of ether oxygens (including phenoxy) is 1. The molecule has 0 aliphatic heterocycles. The van der Waals surface area contributed by atoms with Crippen LogP contribution in [0.15, 0.2) is 109 Å². The van der Waals surface area contributed by atoms with Crippen LogP contribution in [0.1, 0.15) is 131 Å². The van der Waals surface area contributed by atoms with E-state index in [4.69, 9.17) is 4.74 Å². The van der Waals surface area contributed by atoms with Crippen LogP contribution < -0.4 is 15.1 Å². The SMILES string of the molecule is Cc1cc(C)c(N(C)c2ccc([C+](c3ccc(N(C)c4c(C)cc(C)cc4C)cc3)c3ccc(NC4CCCCC4OC(=O)C(C)(CC(C)(C)C)C(C)(C)C)c4ccccc34)cc2)c(C)c1. The highest BCUT2D eigenvalue weighted by atomic mass is 16.5. The second-order valence-electron chi connectivity index (χ2n) is 22.1. The molecule has 66 heavy (non-hydrogen) atoms. The molecule has 0 aromatic heterocycles. The number of nitrogens with zero attached hydrogens (tertiary/aromatic N) is 2. The number of aryl methyl sites for hydroxylation is 6. The number of anilines is 5. The highest BCUT2D eigenvalue weighted by Crippen LogP contribution is 2.48. The Hall–Kier alpha value is -5.68. The van der Waals surface area contributed by atoms with Crippen LogP contribution in [0.25, 0.3) is 10.8 Å². The zero-order valence-electron chi connectivity index (χ0n) is 42.8. The quantitative estimate of drug-likeness (QED) is 0.0754. The Morgan fingerprint density at radius 2 is 1.08 bits per heavy atom. The maximum absolute atomic E-state index is 14.3. The van der Waals surface area contributed by atoms with Gasteiger partial charge in [0.05, 0.1) is 51.1 Å². The van der Waals surface area contributed by atoms with Crippen LogP contribution in [0.4, 0.5) is 28.4 Å². The first kappa shape index (κ1) is 48.3. The minimum absolute atomic E-state index is 0.00920. The topological polar surface area (TPSA) is 44.8 Å². The van der Waals surface area contributed by atoms with Gasteiger partial charge in [-0.25, -0.2) is 0 Å². The summed E-state index contributed by atoms with van der Waals surface area (Å²) in [7, 11) is 4.34. The van der Waals surface area contributed by atoms with Gasteiger partial charge < -0.3 is 19.9 Å². The van der Waals surface area contributed by atoms with E-state index in [1.807, 2.05) is 0 Å². The van der Waals surface area contributed by atoms with E-state index in [1.54, 1.807) is 0 Å². The first-order valence-corrected chi connectivity index (χ1v) is 24.3. The molecule has 6 aromatic rings. The van der Waals surface area contributed by atoms with Crippen LogP contribution in [0.2, 0.25) is 0 Å². The minimum Gasteiger partial charge on any atom is -0.460 e. The number of rotatable bonds is 12. The molecule has 6 aromatic carbocycles. The Morgan fingerprint density at radius 1 is 0.621 bits per heavy atom. The van der Waals surface area contributed by atoms with Crippen molar-refractivity contribution in [1.82, 2.24) is 0 Å². The van der Waals surface area contributed by atoms with Gasteiger partial charge in [-0.3, -0.25) is 4.79 Å². The number of esters is 1. The summed E-state index contributed by atoms with van der Waals surface area (Å²) >= 11 is 0. The average Bonchev–Trinajstić information content (AvgIpc) is 3.23. The highest BCUT2D eigenvalue weighted by molar-refractivity contribution is 5.98. The lowest BCUT2D eigenvalue weighted by molar-refractivity contribution is -0.172. The van der Waals surface area contributed by atoms with E-state index in [2.05, 4.69) is 228 Å². The van der Waals surface area contributed by atoms with Crippen molar-refractivity contribution in [3.63, 3.8) is 0 Å². The standard InChI is InChI=1S/C61H76N3O2/c1-39-34-41(3)56(42(4)35-39)63(14)47-28-24-45(25-29-47)55(46-26-30-48(31-27-46)64(15)57-43(5)36-40(2)37-44(57)6)51-32-33-52(50-21-17-16-20-49(50)51)62-53-22-18-19-23-54(53)66-58(65)61(13,60(10,11)12)38-59(7,8)9/h16-17,20-21,24-37,53-54,62H,18-19,22-23,38H2,1-15H3/q+1. The number of carbonyl (C=O) groups excluding carboxylic acids is 1. The van der Waals surface area contributed by atoms with Gasteiger partial charge in [0, 0.05) is 36.2 Å². The molecule has 1 saturated carbocycles. The van der Waals surface area contributed by atoms with Gasteiger partial charge in [0.1, 0.15) is 6.10 Å². The molecule has 1 aliphatic carbocycles. The lowest BCUT2D eigenvalue weighted by atomic mass is 9.61. The lowest BCUT2D eigenvalue weighted by Crippen LogP contribution is -2.48. The van der Waals surface area contributed by atoms with Gasteiger partial charge in [-0.15, -0.1) is 0 Å². The fourth-order valence-corrected chi connectivity index (χ4v) is 11.1. The Balaban J connectivity index is 1.27. The molecule has 5 nitrogen and oxygen atoms in total. The number of benzene rings is 6. The van der Waals surface area contributed by atoms with Crippen molar-refractivity contribution >= 4 is 45.2 Å². The number of fused-ring (bicyclic) bond motifs is 1. The Bertz CT molecular complexity index is 2530. The van der Waals surface area contributed by atoms with Crippen LogP contribution in [-0.2, 0) is 9.53 Å². The number of nitrogens with one attached hydrogen (secondary N) is 1. The summed E-state index contributed by atoms with van der Waals surface area (Å²) < 4.78 is 6.64. The third kappa shape index (κ3) is 10.0. The monoisotopic (exact) mass is 883 g/mol. The molecule has 0 amide bonds.